The zero-order valence-electron chi connectivity index (χ0n) is 15.5. The molecule has 29 heavy (non-hydrogen) atoms. The van der Waals surface area contributed by atoms with Crippen molar-refractivity contribution in [1.29, 1.82) is 0 Å². The first kappa shape index (κ1) is 15.0. The van der Waals surface area contributed by atoms with Crippen molar-refractivity contribution >= 4 is 54.8 Å². The molecule has 0 atom stereocenters. The van der Waals surface area contributed by atoms with Crippen molar-refractivity contribution in [2.45, 2.75) is 0 Å². The maximum Gasteiger partial charge on any atom is 0.160 e. The lowest BCUT2D eigenvalue weighted by Gasteiger charge is -2.06. The molecular weight excluding hydrogens is 356 g/mol. The van der Waals surface area contributed by atoms with Gasteiger partial charge in [-0.25, -0.2) is 0 Å². The topological polar surface area (TPSA) is 44.7 Å². The van der Waals surface area contributed by atoms with E-state index in [1.165, 1.54) is 21.9 Å². The summed E-state index contributed by atoms with van der Waals surface area (Å²) in [5.74, 6) is 0. The van der Waals surface area contributed by atoms with Gasteiger partial charge in [-0.15, -0.1) is 0 Å². The van der Waals surface area contributed by atoms with Crippen LogP contribution in [0, 0.1) is 0 Å². The van der Waals surface area contributed by atoms with E-state index in [-0.39, 0.29) is 0 Å². The number of nitrogens with one attached hydrogen (secondary N) is 2. The van der Waals surface area contributed by atoms with Crippen molar-refractivity contribution in [3.8, 4) is 11.1 Å². The number of para-hydroxylation sites is 4. The smallest absolute Gasteiger partial charge is 0.160 e. The molecule has 0 aliphatic rings. The van der Waals surface area contributed by atoms with Crippen LogP contribution in [0.1, 0.15) is 0 Å². The summed E-state index contributed by atoms with van der Waals surface area (Å²) in [5.41, 5.74) is 8.70. The molecule has 0 saturated carbocycles. The van der Waals surface area contributed by atoms with Crippen molar-refractivity contribution in [1.82, 2.24) is 9.97 Å². The number of benzene rings is 4. The van der Waals surface area contributed by atoms with Crippen LogP contribution in [-0.4, -0.2) is 9.97 Å². The Labute approximate surface area is 165 Å². The summed E-state index contributed by atoms with van der Waals surface area (Å²) in [6.45, 7) is 0. The molecular formula is C26H16N2O. The zero-order chi connectivity index (χ0) is 18.9. The van der Waals surface area contributed by atoms with Crippen molar-refractivity contribution in [3.05, 3.63) is 84.9 Å². The third-order valence-electron chi connectivity index (χ3n) is 5.99. The lowest BCUT2D eigenvalue weighted by Crippen LogP contribution is -1.83. The molecule has 0 aliphatic heterocycles. The minimum absolute atomic E-state index is 0.916. The Balaban J connectivity index is 1.61. The number of H-pyrrole nitrogens is 2. The molecule has 0 unspecified atom stereocenters. The fourth-order valence-electron chi connectivity index (χ4n) is 4.68. The molecule has 4 aromatic carbocycles. The number of fused-ring (bicyclic) bond motifs is 8. The fraction of sp³-hybridized carbons (Fsp3) is 0. The monoisotopic (exact) mass is 372 g/mol. The molecule has 3 aromatic heterocycles. The van der Waals surface area contributed by atoms with Crippen LogP contribution in [0.2, 0.25) is 0 Å². The highest BCUT2D eigenvalue weighted by Crippen LogP contribution is 2.40. The van der Waals surface area contributed by atoms with Gasteiger partial charge < -0.3 is 14.4 Å². The van der Waals surface area contributed by atoms with Gasteiger partial charge in [-0.2, -0.15) is 0 Å². The predicted molar refractivity (Wildman–Crippen MR) is 120 cm³/mol. The van der Waals surface area contributed by atoms with E-state index in [0.29, 0.717) is 0 Å². The second-order valence-electron chi connectivity index (χ2n) is 7.55. The Bertz CT molecular complexity index is 1710. The van der Waals surface area contributed by atoms with Crippen molar-refractivity contribution < 1.29 is 4.42 Å². The SMILES string of the molecule is c1ccc2c(c1)[nH]c1c(-c3cccc4c3[nH]c3c5ccccc5oc43)cccc12. The molecule has 3 nitrogen and oxygen atoms in total. The van der Waals surface area contributed by atoms with E-state index in [1.807, 2.05) is 12.1 Å². The van der Waals surface area contributed by atoms with E-state index in [2.05, 4.69) is 82.8 Å². The van der Waals surface area contributed by atoms with Gasteiger partial charge in [0.1, 0.15) is 5.58 Å². The van der Waals surface area contributed by atoms with E-state index >= 15 is 0 Å². The Morgan fingerprint density at radius 3 is 2.00 bits per heavy atom. The zero-order valence-corrected chi connectivity index (χ0v) is 15.5. The van der Waals surface area contributed by atoms with Gasteiger partial charge in [-0.05, 0) is 24.3 Å². The normalized spacial score (nSPS) is 12.1. The number of aromatic amines is 2. The molecule has 0 aliphatic carbocycles. The average Bonchev–Trinajstić information content (AvgIpc) is 3.43. The van der Waals surface area contributed by atoms with Crippen LogP contribution in [0.25, 0.3) is 65.9 Å². The summed E-state index contributed by atoms with van der Waals surface area (Å²) in [6, 6.07) is 29.6. The van der Waals surface area contributed by atoms with Crippen molar-refractivity contribution in [3.63, 3.8) is 0 Å². The van der Waals surface area contributed by atoms with Gasteiger partial charge in [0.2, 0.25) is 0 Å². The summed E-state index contributed by atoms with van der Waals surface area (Å²) >= 11 is 0. The third kappa shape index (κ3) is 1.91. The highest BCUT2D eigenvalue weighted by Gasteiger charge is 2.17. The fourth-order valence-corrected chi connectivity index (χ4v) is 4.68. The standard InChI is InChI=1S/C26H16N2O/c1-3-13-21-15(7-1)16-9-5-10-17(23(16)27-21)18-11-6-12-20-24(18)28-25-19-8-2-4-14-22(19)29-26(20)25/h1-14,27-28H. The maximum absolute atomic E-state index is 6.19. The lowest BCUT2D eigenvalue weighted by molar-refractivity contribution is 0.673. The van der Waals surface area contributed by atoms with Crippen LogP contribution >= 0.6 is 0 Å². The Morgan fingerprint density at radius 1 is 0.483 bits per heavy atom. The molecule has 0 amide bonds. The summed E-state index contributed by atoms with van der Waals surface area (Å²) in [5, 5.41) is 4.73. The summed E-state index contributed by atoms with van der Waals surface area (Å²) in [7, 11) is 0. The van der Waals surface area contributed by atoms with Crippen LogP contribution in [0.4, 0.5) is 0 Å². The molecule has 0 bridgehead atoms. The minimum Gasteiger partial charge on any atom is -0.454 e. The van der Waals surface area contributed by atoms with Gasteiger partial charge >= 0.3 is 0 Å². The van der Waals surface area contributed by atoms with Crippen LogP contribution in [0.3, 0.4) is 0 Å². The quantitative estimate of drug-likeness (QED) is 0.310. The van der Waals surface area contributed by atoms with E-state index in [0.717, 1.165) is 44.0 Å². The van der Waals surface area contributed by atoms with E-state index in [4.69, 9.17) is 4.42 Å². The number of aromatic nitrogens is 2. The lowest BCUT2D eigenvalue weighted by atomic mass is 10.00. The Kier molecular flexibility index (Phi) is 2.74. The molecule has 7 rings (SSSR count). The highest BCUT2D eigenvalue weighted by atomic mass is 16.3. The molecule has 0 radical (unpaired) electrons. The third-order valence-corrected chi connectivity index (χ3v) is 5.99. The Hall–Kier alpha value is -3.98. The maximum atomic E-state index is 6.19. The number of rotatable bonds is 1. The molecule has 3 heterocycles. The van der Waals surface area contributed by atoms with Crippen LogP contribution in [-0.2, 0) is 0 Å². The van der Waals surface area contributed by atoms with E-state index in [1.54, 1.807) is 0 Å². The van der Waals surface area contributed by atoms with Crippen LogP contribution < -0.4 is 0 Å². The molecule has 136 valence electrons. The van der Waals surface area contributed by atoms with Gasteiger partial charge in [0.25, 0.3) is 0 Å². The minimum atomic E-state index is 0.916. The van der Waals surface area contributed by atoms with E-state index < -0.39 is 0 Å². The first-order chi connectivity index (χ1) is 14.4. The molecule has 2 N–H and O–H groups in total. The highest BCUT2D eigenvalue weighted by molar-refractivity contribution is 6.19. The van der Waals surface area contributed by atoms with Crippen LogP contribution in [0.5, 0.6) is 0 Å². The number of hydrogen-bond acceptors (Lipinski definition) is 1. The van der Waals surface area contributed by atoms with Gasteiger partial charge in [0.05, 0.1) is 16.6 Å². The Morgan fingerprint density at radius 2 is 1.14 bits per heavy atom. The van der Waals surface area contributed by atoms with Gasteiger partial charge in [-0.3, -0.25) is 0 Å². The van der Waals surface area contributed by atoms with Gasteiger partial charge in [0, 0.05) is 38.2 Å². The second-order valence-corrected chi connectivity index (χ2v) is 7.55. The summed E-state index contributed by atoms with van der Waals surface area (Å²) in [6.07, 6.45) is 0. The molecule has 7 aromatic rings. The molecule has 0 saturated heterocycles. The first-order valence-corrected chi connectivity index (χ1v) is 9.80. The molecule has 0 fully saturated rings. The number of hydrogen-bond donors (Lipinski definition) is 2. The van der Waals surface area contributed by atoms with Crippen molar-refractivity contribution in [2.24, 2.45) is 0 Å². The second kappa shape index (κ2) is 5.30. The van der Waals surface area contributed by atoms with Gasteiger partial charge in [0.15, 0.2) is 5.58 Å². The van der Waals surface area contributed by atoms with Crippen molar-refractivity contribution in [2.75, 3.05) is 0 Å². The molecule has 0 spiro atoms. The van der Waals surface area contributed by atoms with E-state index in [9.17, 15) is 0 Å². The van der Waals surface area contributed by atoms with Gasteiger partial charge in [-0.1, -0.05) is 60.7 Å². The summed E-state index contributed by atoms with van der Waals surface area (Å²) < 4.78 is 6.19. The first-order valence-electron chi connectivity index (χ1n) is 9.80. The average molecular weight is 372 g/mol. The largest absolute Gasteiger partial charge is 0.454 e. The predicted octanol–water partition coefficient (Wildman–Crippen LogP) is 7.37. The number of furan rings is 1. The molecule has 3 heteroatoms. The summed E-state index contributed by atoms with van der Waals surface area (Å²) in [4.78, 5) is 7.29. The van der Waals surface area contributed by atoms with Crippen LogP contribution in [0.15, 0.2) is 89.3 Å².